The minimum atomic E-state index is -1.24. The van der Waals surface area contributed by atoms with Crippen LogP contribution in [0, 0.1) is 13.8 Å². The summed E-state index contributed by atoms with van der Waals surface area (Å²) in [5.41, 5.74) is 5.99. The molecule has 12 nitrogen and oxygen atoms in total. The molecule has 2 unspecified atom stereocenters. The van der Waals surface area contributed by atoms with Gasteiger partial charge in [0.2, 0.25) is 11.8 Å². The molecule has 242 valence electrons. The van der Waals surface area contributed by atoms with E-state index < -0.39 is 24.1 Å². The van der Waals surface area contributed by atoms with Gasteiger partial charge in [0, 0.05) is 79.8 Å². The zero-order valence-electron chi connectivity index (χ0n) is 26.8. The van der Waals surface area contributed by atoms with Crippen molar-refractivity contribution < 1.29 is 29.0 Å². The van der Waals surface area contributed by atoms with Gasteiger partial charge in [0.15, 0.2) is 6.23 Å². The molecule has 4 heterocycles. The maximum Gasteiger partial charge on any atom is 0.257 e. The first-order valence-corrected chi connectivity index (χ1v) is 15.4. The van der Waals surface area contributed by atoms with Gasteiger partial charge in [-0.2, -0.15) is 0 Å². The summed E-state index contributed by atoms with van der Waals surface area (Å²) in [4.78, 5) is 55.6. The van der Waals surface area contributed by atoms with E-state index in [4.69, 9.17) is 9.47 Å². The summed E-state index contributed by atoms with van der Waals surface area (Å²) in [7, 11) is 5.06. The van der Waals surface area contributed by atoms with E-state index in [0.29, 0.717) is 47.8 Å². The van der Waals surface area contributed by atoms with Gasteiger partial charge in [-0.25, -0.2) is 0 Å². The van der Waals surface area contributed by atoms with E-state index in [2.05, 4.69) is 15.1 Å². The van der Waals surface area contributed by atoms with Crippen LogP contribution in [0.4, 0.5) is 5.69 Å². The highest BCUT2D eigenvalue weighted by Gasteiger charge is 2.44. The molecule has 3 aliphatic heterocycles. The maximum absolute atomic E-state index is 13.4. The first-order chi connectivity index (χ1) is 22.0. The Morgan fingerprint density at radius 2 is 1.59 bits per heavy atom. The number of aliphatic hydroxyl groups is 1. The van der Waals surface area contributed by atoms with E-state index in [1.807, 2.05) is 38.1 Å². The van der Waals surface area contributed by atoms with Crippen LogP contribution < -0.4 is 25.2 Å². The Hall–Kier alpha value is -4.68. The third-order valence-electron chi connectivity index (χ3n) is 9.52. The number of carbonyl (C=O) groups excluding carboxylic acids is 3. The Morgan fingerprint density at radius 1 is 0.913 bits per heavy atom. The Bertz CT molecular complexity index is 1770. The highest BCUT2D eigenvalue weighted by Crippen LogP contribution is 2.39. The van der Waals surface area contributed by atoms with Crippen LogP contribution in [0.2, 0.25) is 0 Å². The molecule has 6 rings (SSSR count). The number of amides is 3. The van der Waals surface area contributed by atoms with E-state index in [0.717, 1.165) is 41.2 Å². The minimum Gasteiger partial charge on any atom is -0.496 e. The van der Waals surface area contributed by atoms with Gasteiger partial charge in [-0.05, 0) is 56.2 Å². The Kier molecular flexibility index (Phi) is 8.34. The second kappa shape index (κ2) is 12.3. The number of methoxy groups -OCH3 is 2. The van der Waals surface area contributed by atoms with Gasteiger partial charge >= 0.3 is 0 Å². The number of nitrogens with zero attached hydrogens (tertiary/aromatic N) is 4. The van der Waals surface area contributed by atoms with E-state index >= 15 is 0 Å². The van der Waals surface area contributed by atoms with Gasteiger partial charge in [0.25, 0.3) is 11.5 Å². The van der Waals surface area contributed by atoms with Crippen molar-refractivity contribution in [2.24, 2.45) is 7.05 Å². The normalized spacial score (nSPS) is 20.2. The molecule has 0 radical (unpaired) electrons. The third kappa shape index (κ3) is 5.41. The number of benzene rings is 2. The zero-order valence-corrected chi connectivity index (χ0v) is 26.8. The van der Waals surface area contributed by atoms with Crippen LogP contribution in [0.1, 0.15) is 51.8 Å². The van der Waals surface area contributed by atoms with Gasteiger partial charge in [0.05, 0.1) is 19.8 Å². The number of nitrogens with one attached hydrogen (secondary N) is 1. The second-order valence-electron chi connectivity index (χ2n) is 12.1. The molecule has 0 saturated carbocycles. The number of aromatic nitrogens is 1. The van der Waals surface area contributed by atoms with Crippen LogP contribution in [0.25, 0.3) is 11.1 Å². The predicted molar refractivity (Wildman–Crippen MR) is 171 cm³/mol. The highest BCUT2D eigenvalue weighted by atomic mass is 16.5. The summed E-state index contributed by atoms with van der Waals surface area (Å²) in [5.74, 6) is 0.0655. The summed E-state index contributed by atoms with van der Waals surface area (Å²) >= 11 is 0. The van der Waals surface area contributed by atoms with Gasteiger partial charge in [-0.3, -0.25) is 34.3 Å². The summed E-state index contributed by atoms with van der Waals surface area (Å²) in [5, 5.41) is 13.2. The van der Waals surface area contributed by atoms with Gasteiger partial charge in [-0.15, -0.1) is 0 Å². The predicted octanol–water partition coefficient (Wildman–Crippen LogP) is 2.26. The van der Waals surface area contributed by atoms with Crippen molar-refractivity contribution in [3.8, 4) is 22.6 Å². The first kappa shape index (κ1) is 31.3. The molecule has 2 saturated heterocycles. The standard InChI is InChI=1S/C34H39N5O7/c1-19-14-24(20(2)36(3)32(19)42)21-15-28(45-4)26(29(16-21)46-5)18-37-10-12-38(13-11-37)22-6-7-23-25(17-22)34(44)39(33(23)43)27-8-9-30(40)35-31(27)41/h6-7,14-17,27,33,43H,8-13,18H2,1-5H3,(H,35,40,41). The molecule has 1 aromatic heterocycles. The molecule has 0 bridgehead atoms. The number of hydrogen-bond donors (Lipinski definition) is 2. The van der Waals surface area contributed by atoms with Crippen LogP contribution in [0.15, 0.2) is 41.2 Å². The number of aliphatic hydroxyl groups excluding tert-OH is 1. The first-order valence-electron chi connectivity index (χ1n) is 15.4. The molecule has 2 fully saturated rings. The average Bonchev–Trinajstić information content (AvgIpc) is 3.30. The molecule has 3 aromatic rings. The number of piperazine rings is 1. The third-order valence-corrected chi connectivity index (χ3v) is 9.52. The van der Waals surface area contributed by atoms with Crippen LogP contribution in [0.3, 0.4) is 0 Å². The fourth-order valence-corrected chi connectivity index (χ4v) is 6.77. The van der Waals surface area contributed by atoms with E-state index in [1.165, 1.54) is 4.90 Å². The number of piperidine rings is 1. The van der Waals surface area contributed by atoms with Crippen LogP contribution in [-0.2, 0) is 23.2 Å². The van der Waals surface area contributed by atoms with Crippen LogP contribution in [0.5, 0.6) is 11.5 Å². The number of anilines is 1. The van der Waals surface area contributed by atoms with Crippen molar-refractivity contribution in [2.45, 2.75) is 45.5 Å². The highest BCUT2D eigenvalue weighted by molar-refractivity contribution is 6.06. The van der Waals surface area contributed by atoms with Crippen molar-refractivity contribution in [1.29, 1.82) is 0 Å². The van der Waals surface area contributed by atoms with E-state index in [1.54, 1.807) is 38.0 Å². The van der Waals surface area contributed by atoms with Crippen molar-refractivity contribution in [3.05, 3.63) is 74.7 Å². The molecule has 12 heteroatoms. The number of ether oxygens (including phenoxy) is 2. The van der Waals surface area contributed by atoms with Gasteiger partial charge in [-0.1, -0.05) is 6.07 Å². The average molecular weight is 630 g/mol. The number of pyridine rings is 1. The molecule has 3 amide bonds. The Labute approximate surface area is 267 Å². The lowest BCUT2D eigenvalue weighted by Crippen LogP contribution is -2.53. The fourth-order valence-electron chi connectivity index (χ4n) is 6.77. The van der Waals surface area contributed by atoms with Gasteiger partial charge < -0.3 is 24.0 Å². The molecule has 46 heavy (non-hydrogen) atoms. The lowest BCUT2D eigenvalue weighted by molar-refractivity contribution is -0.139. The quantitative estimate of drug-likeness (QED) is 0.378. The smallest absolute Gasteiger partial charge is 0.257 e. The maximum atomic E-state index is 13.4. The molecule has 2 N–H and O–H groups in total. The minimum absolute atomic E-state index is 0.0192. The topological polar surface area (TPSA) is 134 Å². The molecule has 3 aliphatic rings. The second-order valence-corrected chi connectivity index (χ2v) is 12.1. The van der Waals surface area contributed by atoms with Crippen molar-refractivity contribution in [1.82, 2.24) is 19.7 Å². The molecule has 0 aliphatic carbocycles. The Morgan fingerprint density at radius 3 is 2.22 bits per heavy atom. The Balaban J connectivity index is 1.16. The number of aryl methyl sites for hydroxylation is 1. The van der Waals surface area contributed by atoms with Crippen molar-refractivity contribution in [3.63, 3.8) is 0 Å². The SMILES string of the molecule is COc1cc(-c2cc(C)c(=O)n(C)c2C)cc(OC)c1CN1CCN(c2ccc3c(c2)C(=O)N(C2CCC(=O)NC2=O)C3O)CC1. The molecule has 0 spiro atoms. The molecule has 2 aromatic carbocycles. The monoisotopic (exact) mass is 629 g/mol. The van der Waals surface area contributed by atoms with Crippen molar-refractivity contribution >= 4 is 23.4 Å². The summed E-state index contributed by atoms with van der Waals surface area (Å²) in [6.45, 7) is 7.29. The number of fused-ring (bicyclic) bond motifs is 1. The van der Waals surface area contributed by atoms with E-state index in [-0.39, 0.29) is 24.3 Å². The van der Waals surface area contributed by atoms with Gasteiger partial charge in [0.1, 0.15) is 17.5 Å². The number of hydrogen-bond acceptors (Lipinski definition) is 9. The lowest BCUT2D eigenvalue weighted by Gasteiger charge is -2.36. The summed E-state index contributed by atoms with van der Waals surface area (Å²) in [6.07, 6.45) is -0.938. The molecular formula is C34H39N5O7. The number of rotatable bonds is 7. The largest absolute Gasteiger partial charge is 0.496 e. The van der Waals surface area contributed by atoms with Crippen LogP contribution >= 0.6 is 0 Å². The fraction of sp³-hybridized carbons (Fsp3) is 0.412. The van der Waals surface area contributed by atoms with E-state index in [9.17, 15) is 24.3 Å². The number of carbonyl (C=O) groups is 3. The van der Waals surface area contributed by atoms with Crippen molar-refractivity contribution in [2.75, 3.05) is 45.3 Å². The lowest BCUT2D eigenvalue weighted by atomic mass is 9.99. The number of imide groups is 1. The zero-order chi connectivity index (χ0) is 32.9. The molecule has 2 atom stereocenters. The van der Waals surface area contributed by atoms with Crippen LogP contribution in [-0.4, -0.2) is 83.6 Å². The summed E-state index contributed by atoms with van der Waals surface area (Å²) < 4.78 is 13.4. The summed E-state index contributed by atoms with van der Waals surface area (Å²) in [6, 6.07) is 10.4. The molecular weight excluding hydrogens is 590 g/mol.